The zero-order valence-electron chi connectivity index (χ0n) is 24.4. The van der Waals surface area contributed by atoms with Gasteiger partial charge in [0.25, 0.3) is 0 Å². The van der Waals surface area contributed by atoms with Crippen molar-refractivity contribution in [2.24, 2.45) is 0 Å². The van der Waals surface area contributed by atoms with Gasteiger partial charge in [0, 0.05) is 23.2 Å². The Morgan fingerprint density at radius 3 is 2.12 bits per heavy atom. The van der Waals surface area contributed by atoms with Gasteiger partial charge >= 0.3 is 10.1 Å². The number of hydrogen-bond acceptors (Lipinski definition) is 6. The molecular formula is C34H36N2O5S. The van der Waals surface area contributed by atoms with E-state index in [-0.39, 0.29) is 10.6 Å². The highest BCUT2D eigenvalue weighted by atomic mass is 32.2. The Morgan fingerprint density at radius 2 is 1.48 bits per heavy atom. The number of rotatable bonds is 12. The van der Waals surface area contributed by atoms with Crippen molar-refractivity contribution in [2.45, 2.75) is 25.7 Å². The van der Waals surface area contributed by atoms with E-state index in [0.29, 0.717) is 23.4 Å². The summed E-state index contributed by atoms with van der Waals surface area (Å²) < 4.78 is 46.8. The first kappa shape index (κ1) is 29.2. The summed E-state index contributed by atoms with van der Waals surface area (Å²) in [4.78, 5) is 2.40. The zero-order valence-corrected chi connectivity index (χ0v) is 25.2. The van der Waals surface area contributed by atoms with Crippen molar-refractivity contribution in [3.63, 3.8) is 0 Å². The maximum Gasteiger partial charge on any atom is 0.339 e. The van der Waals surface area contributed by atoms with E-state index in [4.69, 9.17) is 13.7 Å². The van der Waals surface area contributed by atoms with E-state index in [2.05, 4.69) is 18.7 Å². The second kappa shape index (κ2) is 12.7. The molecule has 1 heterocycles. The van der Waals surface area contributed by atoms with Crippen molar-refractivity contribution < 1.29 is 22.1 Å². The lowest BCUT2D eigenvalue weighted by Crippen LogP contribution is -2.27. The summed E-state index contributed by atoms with van der Waals surface area (Å²) in [5, 5.41) is 0.614. The molecule has 0 spiro atoms. The van der Waals surface area contributed by atoms with Crippen molar-refractivity contribution in [3.8, 4) is 34.2 Å². The van der Waals surface area contributed by atoms with Gasteiger partial charge in [-0.25, -0.2) is 0 Å². The van der Waals surface area contributed by atoms with Gasteiger partial charge in [0.1, 0.15) is 23.0 Å². The number of likely N-dealkylation sites (N-methyl/N-ethyl adjacent to an activating group) is 1. The normalized spacial score (nSPS) is 11.6. The van der Waals surface area contributed by atoms with E-state index in [0.717, 1.165) is 47.7 Å². The molecule has 0 atom stereocenters. The molecule has 0 unspecified atom stereocenters. The van der Waals surface area contributed by atoms with Gasteiger partial charge in [-0.05, 0) is 74.6 Å². The molecule has 42 heavy (non-hydrogen) atoms. The van der Waals surface area contributed by atoms with E-state index < -0.39 is 10.1 Å². The maximum atomic E-state index is 13.6. The molecule has 8 heteroatoms. The Balaban J connectivity index is 1.64. The molecule has 0 bridgehead atoms. The van der Waals surface area contributed by atoms with Gasteiger partial charge in [0.15, 0.2) is 5.75 Å². The van der Waals surface area contributed by atoms with Crippen molar-refractivity contribution in [1.29, 1.82) is 0 Å². The number of benzene rings is 4. The first-order valence-electron chi connectivity index (χ1n) is 14.1. The standard InChI is InChI=1S/C34H36N2O5S/c1-5-35(6-2)22-23-40-28-16-14-27(15-17-28)36-32-21-18-29(39-4)24-31(32)34(33(36)26-10-8-7-9-11-26)41-42(37,38)30-19-12-25(3)13-20-30/h7-21,24H,5-6,22-23H2,1-4H3. The van der Waals surface area contributed by atoms with Crippen molar-refractivity contribution in [1.82, 2.24) is 9.47 Å². The largest absolute Gasteiger partial charge is 0.497 e. The lowest BCUT2D eigenvalue weighted by atomic mass is 10.1. The van der Waals surface area contributed by atoms with Crippen LogP contribution >= 0.6 is 0 Å². The van der Waals surface area contributed by atoms with Crippen LogP contribution in [0.15, 0.2) is 102 Å². The molecule has 0 aliphatic carbocycles. The van der Waals surface area contributed by atoms with Crippen LogP contribution in [0.3, 0.4) is 0 Å². The Kier molecular flexibility index (Phi) is 8.85. The van der Waals surface area contributed by atoms with E-state index in [1.54, 1.807) is 31.4 Å². The Bertz CT molecular complexity index is 1740. The fourth-order valence-electron chi connectivity index (χ4n) is 4.96. The molecule has 5 rings (SSSR count). The van der Waals surface area contributed by atoms with E-state index in [9.17, 15) is 8.42 Å². The fraction of sp³-hybridized carbons (Fsp3) is 0.235. The number of aromatic nitrogens is 1. The smallest absolute Gasteiger partial charge is 0.339 e. The highest BCUT2D eigenvalue weighted by Gasteiger charge is 2.27. The molecular weight excluding hydrogens is 548 g/mol. The van der Waals surface area contributed by atoms with Crippen LogP contribution in [0.2, 0.25) is 0 Å². The van der Waals surface area contributed by atoms with Gasteiger partial charge in [-0.2, -0.15) is 8.42 Å². The van der Waals surface area contributed by atoms with Crippen LogP contribution < -0.4 is 13.7 Å². The molecule has 1 aromatic heterocycles. The monoisotopic (exact) mass is 584 g/mol. The second-order valence-corrected chi connectivity index (χ2v) is 11.5. The van der Waals surface area contributed by atoms with Gasteiger partial charge in [-0.1, -0.05) is 61.9 Å². The molecule has 0 saturated heterocycles. The summed E-state index contributed by atoms with van der Waals surface area (Å²) in [7, 11) is -2.57. The third-order valence-electron chi connectivity index (χ3n) is 7.34. The Hall–Kier alpha value is -4.27. The molecule has 4 aromatic carbocycles. The van der Waals surface area contributed by atoms with Gasteiger partial charge in [-0.15, -0.1) is 0 Å². The topological polar surface area (TPSA) is 70.0 Å². The molecule has 0 fully saturated rings. The first-order chi connectivity index (χ1) is 20.3. The Morgan fingerprint density at radius 1 is 0.810 bits per heavy atom. The van der Waals surface area contributed by atoms with Crippen LogP contribution in [0.4, 0.5) is 0 Å². The second-order valence-electron chi connectivity index (χ2n) is 9.98. The van der Waals surface area contributed by atoms with Crippen LogP contribution in [0.1, 0.15) is 19.4 Å². The number of ether oxygens (including phenoxy) is 2. The van der Waals surface area contributed by atoms with E-state index >= 15 is 0 Å². The van der Waals surface area contributed by atoms with Crippen molar-refractivity contribution in [3.05, 3.63) is 103 Å². The van der Waals surface area contributed by atoms with Gasteiger partial charge in [0.2, 0.25) is 0 Å². The SMILES string of the molecule is CCN(CC)CCOc1ccc(-n2c(-c3ccccc3)c(OS(=O)(=O)c3ccc(C)cc3)c3cc(OC)ccc32)cc1. The van der Waals surface area contributed by atoms with Crippen LogP contribution in [0, 0.1) is 6.92 Å². The minimum atomic E-state index is -4.15. The molecule has 0 N–H and O–H groups in total. The number of nitrogens with zero attached hydrogens (tertiary/aromatic N) is 2. The third-order valence-corrected chi connectivity index (χ3v) is 8.58. The summed E-state index contributed by atoms with van der Waals surface area (Å²) in [5.74, 6) is 1.59. The fourth-order valence-corrected chi connectivity index (χ4v) is 5.92. The predicted molar refractivity (Wildman–Crippen MR) is 168 cm³/mol. The average molecular weight is 585 g/mol. The van der Waals surface area contributed by atoms with Crippen LogP contribution in [0.25, 0.3) is 27.8 Å². The molecule has 218 valence electrons. The number of fused-ring (bicyclic) bond motifs is 1. The average Bonchev–Trinajstić information content (AvgIpc) is 3.32. The maximum absolute atomic E-state index is 13.6. The van der Waals surface area contributed by atoms with Crippen LogP contribution in [-0.4, -0.2) is 51.2 Å². The Labute approximate surface area is 248 Å². The van der Waals surface area contributed by atoms with Gasteiger partial charge in [-0.3, -0.25) is 0 Å². The third kappa shape index (κ3) is 6.15. The molecule has 0 aliphatic rings. The minimum Gasteiger partial charge on any atom is -0.497 e. The number of methoxy groups -OCH3 is 1. The molecule has 0 amide bonds. The summed E-state index contributed by atoms with van der Waals surface area (Å²) in [6.45, 7) is 9.61. The quantitative estimate of drug-likeness (QED) is 0.146. The summed E-state index contributed by atoms with van der Waals surface area (Å²) in [6, 6.07) is 29.7. The molecule has 7 nitrogen and oxygen atoms in total. The summed E-state index contributed by atoms with van der Waals surface area (Å²) >= 11 is 0. The highest BCUT2D eigenvalue weighted by Crippen LogP contribution is 2.44. The van der Waals surface area contributed by atoms with Crippen molar-refractivity contribution in [2.75, 3.05) is 33.4 Å². The van der Waals surface area contributed by atoms with E-state index in [1.165, 1.54) is 0 Å². The zero-order chi connectivity index (χ0) is 29.7. The molecule has 0 saturated carbocycles. The lowest BCUT2D eigenvalue weighted by Gasteiger charge is -2.18. The number of aryl methyl sites for hydroxylation is 1. The van der Waals surface area contributed by atoms with Gasteiger partial charge in [0.05, 0.1) is 18.3 Å². The van der Waals surface area contributed by atoms with Gasteiger partial charge < -0.3 is 23.1 Å². The van der Waals surface area contributed by atoms with Crippen LogP contribution in [0.5, 0.6) is 17.2 Å². The summed E-state index contributed by atoms with van der Waals surface area (Å²) in [6.07, 6.45) is 0. The first-order valence-corrected chi connectivity index (χ1v) is 15.5. The number of hydrogen-bond donors (Lipinski definition) is 0. The molecule has 0 radical (unpaired) electrons. The van der Waals surface area contributed by atoms with Crippen molar-refractivity contribution >= 4 is 21.0 Å². The highest BCUT2D eigenvalue weighted by molar-refractivity contribution is 7.87. The van der Waals surface area contributed by atoms with Crippen LogP contribution in [-0.2, 0) is 10.1 Å². The predicted octanol–water partition coefficient (Wildman–Crippen LogP) is 7.10. The molecule has 5 aromatic rings. The molecule has 0 aliphatic heterocycles. The lowest BCUT2D eigenvalue weighted by molar-refractivity contribution is 0.223. The van der Waals surface area contributed by atoms with E-state index in [1.807, 2.05) is 84.3 Å². The minimum absolute atomic E-state index is 0.0853. The summed E-state index contributed by atoms with van der Waals surface area (Å²) in [5.41, 5.74) is 3.99.